The van der Waals surface area contributed by atoms with Crippen molar-refractivity contribution in [3.05, 3.63) is 96.2 Å². The summed E-state index contributed by atoms with van der Waals surface area (Å²) in [5.41, 5.74) is 2.76. The second-order valence-electron chi connectivity index (χ2n) is 6.80. The van der Waals surface area contributed by atoms with Crippen molar-refractivity contribution in [3.8, 4) is 11.5 Å². The molecule has 162 valence electrons. The van der Waals surface area contributed by atoms with Crippen molar-refractivity contribution >= 4 is 33.0 Å². The lowest BCUT2D eigenvalue weighted by atomic mass is 10.1. The van der Waals surface area contributed by atoms with Crippen molar-refractivity contribution in [2.24, 2.45) is 0 Å². The maximum absolute atomic E-state index is 12.5. The summed E-state index contributed by atoms with van der Waals surface area (Å²) in [4.78, 5) is 16.9. The number of para-hydroxylation sites is 1. The summed E-state index contributed by atoms with van der Waals surface area (Å²) < 4.78 is 43.2. The number of hydrogen-bond donors (Lipinski definition) is 1. The molecule has 0 aliphatic heterocycles. The molecule has 0 fully saturated rings. The number of ether oxygens (including phenoxy) is 1. The number of amides is 1. The number of hydrogen-bond acceptors (Lipinski definition) is 6. The second-order valence-corrected chi connectivity index (χ2v) is 7.76. The molecule has 1 amide bonds. The van der Waals surface area contributed by atoms with E-state index >= 15 is 0 Å². The summed E-state index contributed by atoms with van der Waals surface area (Å²) in [6, 6.07) is 21.9. The predicted octanol–water partition coefficient (Wildman–Crippen LogP) is 4.66. The van der Waals surface area contributed by atoms with Gasteiger partial charge in [-0.15, -0.1) is 0 Å². The Morgan fingerprint density at radius 1 is 0.938 bits per heavy atom. The van der Waals surface area contributed by atoms with E-state index in [4.69, 9.17) is 4.74 Å². The molecule has 0 unspecified atom stereocenters. The molecule has 7 nitrogen and oxygen atoms in total. The number of aromatic nitrogens is 1. The van der Waals surface area contributed by atoms with Crippen LogP contribution in [-0.2, 0) is 17.1 Å². The summed E-state index contributed by atoms with van der Waals surface area (Å²) >= 11 is 0. The van der Waals surface area contributed by atoms with Crippen LogP contribution in [0.15, 0.2) is 85.1 Å². The zero-order valence-corrected chi connectivity index (χ0v) is 17.4. The molecule has 0 saturated carbocycles. The fourth-order valence-corrected chi connectivity index (χ4v) is 3.31. The quantitative estimate of drug-likeness (QED) is 0.410. The molecule has 0 aliphatic carbocycles. The van der Waals surface area contributed by atoms with Crippen molar-refractivity contribution in [1.29, 1.82) is 0 Å². The number of anilines is 1. The van der Waals surface area contributed by atoms with Gasteiger partial charge in [-0.3, -0.25) is 9.78 Å². The number of fused-ring (bicyclic) bond motifs is 1. The van der Waals surface area contributed by atoms with Crippen LogP contribution in [0.3, 0.4) is 0 Å². The standard InChI is InChI=1S/C23H17FN2O5S/c24-32(28,29)31-21-11-9-20(10-12-21)30-15-16-5-7-17(8-6-16)23(27)26-19-13-18-3-1-2-4-22(18)25-14-19/h1-14H,15H2,(H,26,27). The van der Waals surface area contributed by atoms with E-state index in [0.717, 1.165) is 16.5 Å². The number of nitrogens with zero attached hydrogens (tertiary/aromatic N) is 1. The SMILES string of the molecule is O=C(Nc1cnc2ccccc2c1)c1ccc(COc2ccc(OS(=O)(=O)F)cc2)cc1. The van der Waals surface area contributed by atoms with Crippen LogP contribution in [0.1, 0.15) is 15.9 Å². The highest BCUT2D eigenvalue weighted by Crippen LogP contribution is 2.21. The van der Waals surface area contributed by atoms with E-state index in [9.17, 15) is 17.1 Å². The van der Waals surface area contributed by atoms with Gasteiger partial charge in [0.2, 0.25) is 0 Å². The van der Waals surface area contributed by atoms with Crippen LogP contribution in [0.4, 0.5) is 9.57 Å². The monoisotopic (exact) mass is 452 g/mol. The summed E-state index contributed by atoms with van der Waals surface area (Å²) in [5.74, 6) is 0.0315. The van der Waals surface area contributed by atoms with E-state index in [1.165, 1.54) is 24.3 Å². The second kappa shape index (κ2) is 9.03. The van der Waals surface area contributed by atoms with Crippen LogP contribution < -0.4 is 14.2 Å². The largest absolute Gasteiger partial charge is 0.489 e. The average molecular weight is 452 g/mol. The van der Waals surface area contributed by atoms with Crippen LogP contribution in [0.2, 0.25) is 0 Å². The number of benzene rings is 3. The fraction of sp³-hybridized carbons (Fsp3) is 0.0435. The lowest BCUT2D eigenvalue weighted by molar-refractivity contribution is 0.102. The highest BCUT2D eigenvalue weighted by atomic mass is 32.3. The molecule has 1 aromatic heterocycles. The maximum Gasteiger partial charge on any atom is 0.488 e. The zero-order chi connectivity index (χ0) is 22.6. The minimum Gasteiger partial charge on any atom is -0.489 e. The van der Waals surface area contributed by atoms with Gasteiger partial charge in [-0.1, -0.05) is 34.2 Å². The molecule has 0 atom stereocenters. The average Bonchev–Trinajstić information content (AvgIpc) is 2.78. The summed E-state index contributed by atoms with van der Waals surface area (Å²) in [6.45, 7) is 0.220. The minimum absolute atomic E-state index is 0.156. The maximum atomic E-state index is 12.5. The molecule has 0 radical (unpaired) electrons. The Labute approximate surface area is 183 Å². The van der Waals surface area contributed by atoms with E-state index in [1.54, 1.807) is 30.5 Å². The molecule has 3 aromatic carbocycles. The minimum atomic E-state index is -5.06. The van der Waals surface area contributed by atoms with Crippen LogP contribution >= 0.6 is 0 Å². The first-order chi connectivity index (χ1) is 15.4. The number of carbonyl (C=O) groups is 1. The van der Waals surface area contributed by atoms with Crippen LogP contribution in [0.5, 0.6) is 11.5 Å². The normalized spacial score (nSPS) is 11.2. The Kier molecular flexibility index (Phi) is 6.00. The fourth-order valence-electron chi connectivity index (χ4n) is 2.97. The first-order valence-corrected chi connectivity index (χ1v) is 10.8. The Morgan fingerprint density at radius 2 is 1.62 bits per heavy atom. The molecule has 4 aromatic rings. The number of pyridine rings is 1. The summed E-state index contributed by atoms with van der Waals surface area (Å²) in [6.07, 6.45) is 1.61. The van der Waals surface area contributed by atoms with Crippen LogP contribution in [0, 0.1) is 0 Å². The van der Waals surface area contributed by atoms with Crippen molar-refractivity contribution in [2.45, 2.75) is 6.61 Å². The zero-order valence-electron chi connectivity index (χ0n) is 16.6. The molecule has 1 N–H and O–H groups in total. The van der Waals surface area contributed by atoms with Gasteiger partial charge in [-0.25, -0.2) is 0 Å². The summed E-state index contributed by atoms with van der Waals surface area (Å²) in [5, 5.41) is 3.77. The molecule has 0 bridgehead atoms. The highest BCUT2D eigenvalue weighted by Gasteiger charge is 2.10. The Bertz CT molecular complexity index is 1360. The Hall–Kier alpha value is -3.98. The van der Waals surface area contributed by atoms with Gasteiger partial charge < -0.3 is 14.2 Å². The van der Waals surface area contributed by atoms with E-state index in [1.807, 2.05) is 30.3 Å². The number of nitrogens with one attached hydrogen (secondary N) is 1. The van der Waals surface area contributed by atoms with Crippen molar-refractivity contribution in [1.82, 2.24) is 4.98 Å². The molecule has 9 heteroatoms. The van der Waals surface area contributed by atoms with E-state index < -0.39 is 10.5 Å². The van der Waals surface area contributed by atoms with Gasteiger partial charge in [-0.05, 0) is 54.1 Å². The molecule has 0 spiro atoms. The molecular weight excluding hydrogens is 435 g/mol. The number of carbonyl (C=O) groups excluding carboxylic acids is 1. The Balaban J connectivity index is 1.34. The first kappa shape index (κ1) is 21.3. The van der Waals surface area contributed by atoms with Gasteiger partial charge in [0.25, 0.3) is 5.91 Å². The van der Waals surface area contributed by atoms with Crippen molar-refractivity contribution in [2.75, 3.05) is 5.32 Å². The number of halogens is 1. The smallest absolute Gasteiger partial charge is 0.488 e. The van der Waals surface area contributed by atoms with Crippen molar-refractivity contribution < 1.29 is 26.0 Å². The Morgan fingerprint density at radius 3 is 2.34 bits per heavy atom. The highest BCUT2D eigenvalue weighted by molar-refractivity contribution is 7.81. The third kappa shape index (κ3) is 5.58. The third-order valence-electron chi connectivity index (χ3n) is 4.49. The predicted molar refractivity (Wildman–Crippen MR) is 118 cm³/mol. The lowest BCUT2D eigenvalue weighted by Gasteiger charge is -2.09. The molecule has 0 aliphatic rings. The molecule has 0 saturated heterocycles. The van der Waals surface area contributed by atoms with Gasteiger partial charge >= 0.3 is 10.5 Å². The van der Waals surface area contributed by atoms with Crippen LogP contribution in [0.25, 0.3) is 10.9 Å². The van der Waals surface area contributed by atoms with Crippen LogP contribution in [-0.4, -0.2) is 19.3 Å². The lowest BCUT2D eigenvalue weighted by Crippen LogP contribution is -2.12. The van der Waals surface area contributed by atoms with E-state index in [0.29, 0.717) is 17.0 Å². The third-order valence-corrected chi connectivity index (χ3v) is 4.88. The molecule has 4 rings (SSSR count). The molecule has 1 heterocycles. The molecule has 32 heavy (non-hydrogen) atoms. The van der Waals surface area contributed by atoms with E-state index in [2.05, 4.69) is 14.5 Å². The van der Waals surface area contributed by atoms with Gasteiger partial charge in [0.05, 0.1) is 17.4 Å². The molecular formula is C23H17FN2O5S. The van der Waals surface area contributed by atoms with Gasteiger partial charge in [0.15, 0.2) is 0 Å². The first-order valence-electron chi connectivity index (χ1n) is 9.48. The van der Waals surface area contributed by atoms with Crippen molar-refractivity contribution in [3.63, 3.8) is 0 Å². The topological polar surface area (TPSA) is 94.6 Å². The van der Waals surface area contributed by atoms with Gasteiger partial charge in [-0.2, -0.15) is 8.42 Å². The van der Waals surface area contributed by atoms with E-state index in [-0.39, 0.29) is 18.3 Å². The van der Waals surface area contributed by atoms with Gasteiger partial charge in [0.1, 0.15) is 18.1 Å². The summed E-state index contributed by atoms with van der Waals surface area (Å²) in [7, 11) is -5.06. The van der Waals surface area contributed by atoms with Gasteiger partial charge in [0, 0.05) is 10.9 Å². The number of rotatable bonds is 7.